The number of hydrogen-bond acceptors (Lipinski definition) is 3. The highest BCUT2D eigenvalue weighted by Crippen LogP contribution is 2.33. The normalized spacial score (nSPS) is 27.3. The molecule has 0 aliphatic carbocycles. The van der Waals surface area contributed by atoms with Crippen molar-refractivity contribution < 1.29 is 13.2 Å². The monoisotopic (exact) mass is 337 g/mol. The van der Waals surface area contributed by atoms with E-state index in [0.29, 0.717) is 26.1 Å². The maximum absolute atomic E-state index is 12.5. The summed E-state index contributed by atoms with van der Waals surface area (Å²) in [6.07, 6.45) is 1.24. The molecule has 0 spiro atoms. The predicted octanol–water partition coefficient (Wildman–Crippen LogP) is 1.88. The molecule has 0 unspecified atom stereocenters. The number of carbonyl (C=O) groups is 1. The first kappa shape index (κ1) is 16.3. The van der Waals surface area contributed by atoms with Gasteiger partial charge in [-0.05, 0) is 37.3 Å². The van der Waals surface area contributed by atoms with Crippen LogP contribution in [-0.2, 0) is 10.0 Å². The molecule has 0 radical (unpaired) electrons. The number of aryl methyl sites for hydroxylation is 1. The second-order valence-electron chi connectivity index (χ2n) is 6.43. The van der Waals surface area contributed by atoms with Crippen molar-refractivity contribution in [2.24, 2.45) is 5.92 Å². The fourth-order valence-electron chi connectivity index (χ4n) is 3.51. The Kier molecular flexibility index (Phi) is 4.33. The molecule has 6 nitrogen and oxygen atoms in total. The lowest BCUT2D eigenvalue weighted by atomic mass is 10.0. The zero-order valence-electron chi connectivity index (χ0n) is 13.5. The Hall–Kier alpha value is -1.60. The Balaban J connectivity index is 1.68. The molecule has 0 bridgehead atoms. The van der Waals surface area contributed by atoms with E-state index in [-0.39, 0.29) is 17.2 Å². The molecule has 1 N–H and O–H groups in total. The molecular weight excluding hydrogens is 314 g/mol. The number of anilines is 1. The van der Waals surface area contributed by atoms with Crippen LogP contribution in [-0.4, -0.2) is 55.6 Å². The fourth-order valence-corrected chi connectivity index (χ4v) is 5.49. The topological polar surface area (TPSA) is 69.7 Å². The molecule has 2 amide bonds. The van der Waals surface area contributed by atoms with Gasteiger partial charge in [-0.25, -0.2) is 17.5 Å². The van der Waals surface area contributed by atoms with Crippen LogP contribution in [0.15, 0.2) is 24.3 Å². The van der Waals surface area contributed by atoms with Gasteiger partial charge in [0, 0.05) is 32.4 Å². The molecule has 1 aromatic rings. The molecule has 0 saturated carbocycles. The van der Waals surface area contributed by atoms with Crippen LogP contribution in [0.1, 0.15) is 18.4 Å². The quantitative estimate of drug-likeness (QED) is 0.851. The summed E-state index contributed by atoms with van der Waals surface area (Å²) in [6.45, 7) is 3.60. The van der Waals surface area contributed by atoms with Gasteiger partial charge in [0.15, 0.2) is 0 Å². The van der Waals surface area contributed by atoms with Crippen molar-refractivity contribution in [3.05, 3.63) is 29.8 Å². The number of urea groups is 1. The lowest BCUT2D eigenvalue weighted by Crippen LogP contribution is -2.37. The Morgan fingerprint density at radius 1 is 1.22 bits per heavy atom. The summed E-state index contributed by atoms with van der Waals surface area (Å²) >= 11 is 0. The molecule has 1 aromatic carbocycles. The van der Waals surface area contributed by atoms with Crippen molar-refractivity contribution in [1.29, 1.82) is 0 Å². The Morgan fingerprint density at radius 2 is 1.91 bits per heavy atom. The van der Waals surface area contributed by atoms with Gasteiger partial charge >= 0.3 is 6.03 Å². The van der Waals surface area contributed by atoms with Crippen LogP contribution in [0.3, 0.4) is 0 Å². The van der Waals surface area contributed by atoms with Crippen LogP contribution in [0.2, 0.25) is 0 Å². The number of amides is 2. The fraction of sp³-hybridized carbons (Fsp3) is 0.562. The van der Waals surface area contributed by atoms with E-state index in [1.165, 1.54) is 4.31 Å². The van der Waals surface area contributed by atoms with Crippen LogP contribution >= 0.6 is 0 Å². The van der Waals surface area contributed by atoms with E-state index in [4.69, 9.17) is 0 Å². The number of rotatable bonds is 1. The van der Waals surface area contributed by atoms with Crippen LogP contribution in [0, 0.1) is 12.8 Å². The largest absolute Gasteiger partial charge is 0.324 e. The van der Waals surface area contributed by atoms with Gasteiger partial charge in [0.1, 0.15) is 0 Å². The number of carbonyl (C=O) groups excluding carboxylic acids is 1. The predicted molar refractivity (Wildman–Crippen MR) is 89.8 cm³/mol. The minimum atomic E-state index is -3.19. The minimum absolute atomic E-state index is 0.126. The number of sulfonamides is 1. The van der Waals surface area contributed by atoms with Gasteiger partial charge in [0.05, 0.1) is 5.25 Å². The molecule has 7 heteroatoms. The van der Waals surface area contributed by atoms with Crippen molar-refractivity contribution >= 4 is 21.7 Å². The highest BCUT2D eigenvalue weighted by molar-refractivity contribution is 7.90. The third kappa shape index (κ3) is 3.07. The van der Waals surface area contributed by atoms with Crippen molar-refractivity contribution in [3.63, 3.8) is 0 Å². The highest BCUT2D eigenvalue weighted by atomic mass is 32.2. The smallest absolute Gasteiger partial charge is 0.321 e. The standard InChI is InChI=1S/C16H23N3O3S/c1-12-5-3-4-6-14(12)17-16(20)19-9-7-13-11-18(2)23(21,22)15(13)8-10-19/h3-6,13,15H,7-11H2,1-2H3,(H,17,20)/t13-,15-/m0/s1. The van der Waals surface area contributed by atoms with Crippen molar-refractivity contribution in [3.8, 4) is 0 Å². The van der Waals surface area contributed by atoms with Crippen LogP contribution in [0.25, 0.3) is 0 Å². The molecular formula is C16H23N3O3S. The lowest BCUT2D eigenvalue weighted by Gasteiger charge is -2.22. The van der Waals surface area contributed by atoms with Crippen LogP contribution in [0.4, 0.5) is 10.5 Å². The average Bonchev–Trinajstić information content (AvgIpc) is 2.67. The summed E-state index contributed by atoms with van der Waals surface area (Å²) in [6, 6.07) is 7.49. The van der Waals surface area contributed by atoms with Crippen LogP contribution < -0.4 is 5.32 Å². The Morgan fingerprint density at radius 3 is 2.65 bits per heavy atom. The van der Waals surface area contributed by atoms with Crippen molar-refractivity contribution in [2.45, 2.75) is 25.0 Å². The summed E-state index contributed by atoms with van der Waals surface area (Å²) in [7, 11) is -1.54. The Labute approximate surface area is 137 Å². The molecule has 0 aromatic heterocycles. The average molecular weight is 337 g/mol. The summed E-state index contributed by atoms with van der Waals surface area (Å²) < 4.78 is 26.1. The van der Waals surface area contributed by atoms with E-state index in [1.54, 1.807) is 11.9 Å². The summed E-state index contributed by atoms with van der Waals surface area (Å²) in [5.41, 5.74) is 1.81. The van der Waals surface area contributed by atoms with Gasteiger partial charge < -0.3 is 10.2 Å². The van der Waals surface area contributed by atoms with E-state index < -0.39 is 10.0 Å². The van der Waals surface area contributed by atoms with E-state index in [1.807, 2.05) is 31.2 Å². The third-order valence-electron chi connectivity index (χ3n) is 4.96. The van der Waals surface area contributed by atoms with Crippen molar-refractivity contribution in [2.75, 3.05) is 32.0 Å². The SMILES string of the molecule is Cc1ccccc1NC(=O)N1CC[C@H]2CN(C)S(=O)(=O)[C@H]2CC1. The molecule has 2 heterocycles. The second-order valence-corrected chi connectivity index (χ2v) is 8.69. The zero-order chi connectivity index (χ0) is 16.6. The molecule has 2 fully saturated rings. The zero-order valence-corrected chi connectivity index (χ0v) is 14.3. The molecule has 23 heavy (non-hydrogen) atoms. The van der Waals surface area contributed by atoms with Gasteiger partial charge in [-0.2, -0.15) is 0 Å². The highest BCUT2D eigenvalue weighted by Gasteiger charge is 2.45. The van der Waals surface area contributed by atoms with Crippen LogP contribution in [0.5, 0.6) is 0 Å². The Bertz CT molecular complexity index is 704. The molecule has 3 rings (SSSR count). The van der Waals surface area contributed by atoms with Gasteiger partial charge in [-0.1, -0.05) is 18.2 Å². The van der Waals surface area contributed by atoms with E-state index >= 15 is 0 Å². The minimum Gasteiger partial charge on any atom is -0.324 e. The van der Waals surface area contributed by atoms with Gasteiger partial charge in [0.2, 0.25) is 10.0 Å². The number of nitrogens with zero attached hydrogens (tertiary/aromatic N) is 2. The van der Waals surface area contributed by atoms with Gasteiger partial charge in [-0.15, -0.1) is 0 Å². The maximum atomic E-state index is 12.5. The van der Waals surface area contributed by atoms with Gasteiger partial charge in [-0.3, -0.25) is 0 Å². The van der Waals surface area contributed by atoms with E-state index in [0.717, 1.165) is 17.7 Å². The molecule has 2 atom stereocenters. The number of fused-ring (bicyclic) bond motifs is 1. The lowest BCUT2D eigenvalue weighted by molar-refractivity contribution is 0.212. The number of likely N-dealkylation sites (tertiary alicyclic amines) is 1. The summed E-state index contributed by atoms with van der Waals surface area (Å²) in [5, 5.41) is 2.59. The van der Waals surface area contributed by atoms with Crippen molar-refractivity contribution in [1.82, 2.24) is 9.21 Å². The first-order chi connectivity index (χ1) is 10.9. The second kappa shape index (κ2) is 6.13. The molecule has 2 aliphatic heterocycles. The summed E-state index contributed by atoms with van der Waals surface area (Å²) in [5.74, 6) is 0.126. The maximum Gasteiger partial charge on any atom is 0.321 e. The van der Waals surface area contributed by atoms with Gasteiger partial charge in [0.25, 0.3) is 0 Å². The summed E-state index contributed by atoms with van der Waals surface area (Å²) in [4.78, 5) is 14.2. The number of nitrogens with one attached hydrogen (secondary N) is 1. The number of hydrogen-bond donors (Lipinski definition) is 1. The van der Waals surface area contributed by atoms with E-state index in [9.17, 15) is 13.2 Å². The molecule has 2 saturated heterocycles. The third-order valence-corrected chi connectivity index (χ3v) is 7.37. The molecule has 126 valence electrons. The molecule has 2 aliphatic rings. The number of benzene rings is 1. The first-order valence-electron chi connectivity index (χ1n) is 7.96. The first-order valence-corrected chi connectivity index (χ1v) is 9.46. The number of para-hydroxylation sites is 1. The van der Waals surface area contributed by atoms with E-state index in [2.05, 4.69) is 5.32 Å².